The van der Waals surface area contributed by atoms with Gasteiger partial charge < -0.3 is 0 Å². The lowest BCUT2D eigenvalue weighted by molar-refractivity contribution is 0.483. The zero-order valence-electron chi connectivity index (χ0n) is 10.6. The van der Waals surface area contributed by atoms with E-state index in [1.165, 1.54) is 6.20 Å². The van der Waals surface area contributed by atoms with E-state index in [2.05, 4.69) is 18.8 Å². The van der Waals surface area contributed by atoms with E-state index in [4.69, 9.17) is 0 Å². The molecular formula is C13H21NO2S. The van der Waals surface area contributed by atoms with Crippen molar-refractivity contribution >= 4 is 9.84 Å². The van der Waals surface area contributed by atoms with Crippen molar-refractivity contribution in [3.8, 4) is 0 Å². The summed E-state index contributed by atoms with van der Waals surface area (Å²) in [6, 6.07) is 3.29. The number of hydrogen-bond acceptors (Lipinski definition) is 3. The molecule has 1 heterocycles. The minimum Gasteiger partial charge on any atom is -0.263 e. The Morgan fingerprint density at radius 3 is 2.65 bits per heavy atom. The second kappa shape index (κ2) is 6.74. The van der Waals surface area contributed by atoms with E-state index in [0.717, 1.165) is 25.7 Å². The molecule has 1 atom stereocenters. The van der Waals surface area contributed by atoms with Gasteiger partial charge in [0.25, 0.3) is 0 Å². The van der Waals surface area contributed by atoms with Crippen LogP contribution in [0, 0.1) is 5.92 Å². The van der Waals surface area contributed by atoms with Crippen molar-refractivity contribution in [1.29, 1.82) is 0 Å². The van der Waals surface area contributed by atoms with E-state index < -0.39 is 9.84 Å². The van der Waals surface area contributed by atoms with Crippen molar-refractivity contribution in [3.63, 3.8) is 0 Å². The largest absolute Gasteiger partial charge is 0.263 e. The van der Waals surface area contributed by atoms with Crippen LogP contribution in [0.3, 0.4) is 0 Å². The third-order valence-electron chi connectivity index (χ3n) is 2.99. The van der Waals surface area contributed by atoms with Crippen molar-refractivity contribution in [2.75, 3.05) is 5.75 Å². The van der Waals surface area contributed by atoms with Crippen LogP contribution >= 0.6 is 0 Å². The van der Waals surface area contributed by atoms with E-state index in [1.54, 1.807) is 18.3 Å². The summed E-state index contributed by atoms with van der Waals surface area (Å²) in [6.07, 6.45) is 7.14. The maximum Gasteiger partial charge on any atom is 0.180 e. The second-order valence-electron chi connectivity index (χ2n) is 4.39. The minimum atomic E-state index is -3.16. The maximum atomic E-state index is 12.1. The molecule has 1 unspecified atom stereocenters. The summed E-state index contributed by atoms with van der Waals surface area (Å²) in [5.74, 6) is 0.509. The first-order chi connectivity index (χ1) is 8.10. The van der Waals surface area contributed by atoms with Crippen molar-refractivity contribution in [2.45, 2.75) is 44.4 Å². The van der Waals surface area contributed by atoms with Gasteiger partial charge in [0.2, 0.25) is 0 Å². The fourth-order valence-electron chi connectivity index (χ4n) is 1.84. The van der Waals surface area contributed by atoms with E-state index >= 15 is 0 Å². The van der Waals surface area contributed by atoms with Gasteiger partial charge in [0.15, 0.2) is 9.84 Å². The molecule has 0 fully saturated rings. The number of rotatable bonds is 7. The van der Waals surface area contributed by atoms with Crippen molar-refractivity contribution in [1.82, 2.24) is 4.98 Å². The molecule has 96 valence electrons. The lowest BCUT2D eigenvalue weighted by Crippen LogP contribution is -2.16. The van der Waals surface area contributed by atoms with Crippen LogP contribution in [0.15, 0.2) is 29.4 Å². The number of pyridine rings is 1. The van der Waals surface area contributed by atoms with Crippen LogP contribution in [0.5, 0.6) is 0 Å². The molecule has 0 radical (unpaired) electrons. The molecule has 0 spiro atoms. The van der Waals surface area contributed by atoms with Crippen molar-refractivity contribution < 1.29 is 8.42 Å². The molecule has 0 aromatic carbocycles. The topological polar surface area (TPSA) is 47.0 Å². The van der Waals surface area contributed by atoms with Crippen LogP contribution in [-0.2, 0) is 9.84 Å². The monoisotopic (exact) mass is 255 g/mol. The average molecular weight is 255 g/mol. The standard InChI is InChI=1S/C13H21NO2S/c1-3-5-7-12(4-2)11-17(15,16)13-8-6-9-14-10-13/h6,8-10,12H,3-5,7,11H2,1-2H3. The molecule has 4 heteroatoms. The average Bonchev–Trinajstić information content (AvgIpc) is 2.35. The number of aromatic nitrogens is 1. The van der Waals surface area contributed by atoms with Crippen LogP contribution < -0.4 is 0 Å². The van der Waals surface area contributed by atoms with Gasteiger partial charge in [-0.05, 0) is 24.5 Å². The summed E-state index contributed by atoms with van der Waals surface area (Å²) in [5.41, 5.74) is 0. The Labute approximate surface area is 104 Å². The Morgan fingerprint density at radius 1 is 1.35 bits per heavy atom. The molecule has 0 saturated carbocycles. The van der Waals surface area contributed by atoms with Gasteiger partial charge in [-0.15, -0.1) is 0 Å². The Kier molecular flexibility index (Phi) is 5.62. The molecule has 0 saturated heterocycles. The molecule has 1 rings (SSSR count). The van der Waals surface area contributed by atoms with Crippen molar-refractivity contribution in [3.05, 3.63) is 24.5 Å². The SMILES string of the molecule is CCCCC(CC)CS(=O)(=O)c1cccnc1. The minimum absolute atomic E-state index is 0.245. The molecule has 1 aromatic heterocycles. The Bertz CT molecular complexity index is 414. The lowest BCUT2D eigenvalue weighted by Gasteiger charge is -2.14. The predicted octanol–water partition coefficient (Wildman–Crippen LogP) is 3.07. The van der Waals surface area contributed by atoms with Gasteiger partial charge in [-0.25, -0.2) is 8.42 Å². The Hall–Kier alpha value is -0.900. The Morgan fingerprint density at radius 2 is 2.12 bits per heavy atom. The van der Waals surface area contributed by atoms with Gasteiger partial charge >= 0.3 is 0 Å². The summed E-state index contributed by atoms with van der Waals surface area (Å²) in [4.78, 5) is 4.21. The van der Waals surface area contributed by atoms with Crippen LogP contribution in [0.2, 0.25) is 0 Å². The zero-order valence-corrected chi connectivity index (χ0v) is 11.4. The number of unbranched alkanes of at least 4 members (excludes halogenated alkanes) is 1. The number of sulfone groups is 1. The predicted molar refractivity (Wildman–Crippen MR) is 69.6 cm³/mol. The van der Waals surface area contributed by atoms with E-state index in [9.17, 15) is 8.42 Å². The van der Waals surface area contributed by atoms with Gasteiger partial charge in [0.1, 0.15) is 0 Å². The van der Waals surface area contributed by atoms with Gasteiger partial charge in [0.05, 0.1) is 10.6 Å². The maximum absolute atomic E-state index is 12.1. The first kappa shape index (κ1) is 14.2. The van der Waals surface area contributed by atoms with E-state index in [0.29, 0.717) is 4.90 Å². The van der Waals surface area contributed by atoms with Crippen LogP contribution in [0.1, 0.15) is 39.5 Å². The summed E-state index contributed by atoms with van der Waals surface area (Å²) in [7, 11) is -3.16. The molecule has 0 aliphatic carbocycles. The molecule has 1 aromatic rings. The highest BCUT2D eigenvalue weighted by molar-refractivity contribution is 7.91. The molecule has 0 bridgehead atoms. The van der Waals surface area contributed by atoms with Crippen molar-refractivity contribution in [2.24, 2.45) is 5.92 Å². The molecular weight excluding hydrogens is 234 g/mol. The van der Waals surface area contributed by atoms with E-state index in [1.807, 2.05) is 0 Å². The van der Waals surface area contributed by atoms with Gasteiger partial charge in [0, 0.05) is 12.4 Å². The van der Waals surface area contributed by atoms with E-state index in [-0.39, 0.29) is 11.7 Å². The van der Waals surface area contributed by atoms with Crippen LogP contribution in [-0.4, -0.2) is 19.2 Å². The normalized spacial score (nSPS) is 13.5. The first-order valence-electron chi connectivity index (χ1n) is 6.23. The Balaban J connectivity index is 2.72. The quantitative estimate of drug-likeness (QED) is 0.752. The molecule has 0 aliphatic heterocycles. The molecule has 0 aliphatic rings. The highest BCUT2D eigenvalue weighted by atomic mass is 32.2. The summed E-state index contributed by atoms with van der Waals surface area (Å²) in [5, 5.41) is 0. The fourth-order valence-corrected chi connectivity index (χ4v) is 3.56. The van der Waals surface area contributed by atoms with Crippen LogP contribution in [0.4, 0.5) is 0 Å². The van der Waals surface area contributed by atoms with Gasteiger partial charge in [-0.3, -0.25) is 4.98 Å². The summed E-state index contributed by atoms with van der Waals surface area (Å²) < 4.78 is 24.2. The summed E-state index contributed by atoms with van der Waals surface area (Å²) >= 11 is 0. The molecule has 17 heavy (non-hydrogen) atoms. The zero-order chi connectivity index (χ0) is 12.7. The lowest BCUT2D eigenvalue weighted by atomic mass is 10.0. The van der Waals surface area contributed by atoms with Gasteiger partial charge in [-0.2, -0.15) is 0 Å². The second-order valence-corrected chi connectivity index (χ2v) is 6.42. The molecule has 3 nitrogen and oxygen atoms in total. The third-order valence-corrected chi connectivity index (χ3v) is 4.86. The van der Waals surface area contributed by atoms with Crippen LogP contribution in [0.25, 0.3) is 0 Å². The highest BCUT2D eigenvalue weighted by Gasteiger charge is 2.19. The third kappa shape index (κ3) is 4.46. The molecule has 0 N–H and O–H groups in total. The number of hydrogen-bond donors (Lipinski definition) is 0. The first-order valence-corrected chi connectivity index (χ1v) is 7.88. The smallest absolute Gasteiger partial charge is 0.180 e. The van der Waals surface area contributed by atoms with Gasteiger partial charge in [-0.1, -0.05) is 33.1 Å². The highest BCUT2D eigenvalue weighted by Crippen LogP contribution is 2.19. The summed E-state index contributed by atoms with van der Waals surface area (Å²) in [6.45, 7) is 4.18. The fraction of sp³-hybridized carbons (Fsp3) is 0.615. The molecule has 0 amide bonds. The number of nitrogens with zero attached hydrogens (tertiary/aromatic N) is 1.